The van der Waals surface area contributed by atoms with Crippen molar-refractivity contribution in [3.63, 3.8) is 0 Å². The van der Waals surface area contributed by atoms with E-state index in [0.717, 1.165) is 25.7 Å². The highest BCUT2D eigenvalue weighted by Crippen LogP contribution is 2.14. The highest BCUT2D eigenvalue weighted by atomic mass is 16.5. The molecule has 2 unspecified atom stereocenters. The Morgan fingerprint density at radius 2 is 1.57 bits per heavy atom. The van der Waals surface area contributed by atoms with Crippen molar-refractivity contribution in [1.29, 1.82) is 0 Å². The molecule has 7 heteroatoms. The van der Waals surface area contributed by atoms with Crippen LogP contribution in [0.2, 0.25) is 0 Å². The van der Waals surface area contributed by atoms with Gasteiger partial charge in [0.2, 0.25) is 0 Å². The van der Waals surface area contributed by atoms with Gasteiger partial charge in [0.05, 0.1) is 7.11 Å². The van der Waals surface area contributed by atoms with Gasteiger partial charge in [-0.2, -0.15) is 0 Å². The predicted molar refractivity (Wildman–Crippen MR) is 98.7 cm³/mol. The van der Waals surface area contributed by atoms with Crippen LogP contribution in [0.3, 0.4) is 0 Å². The van der Waals surface area contributed by atoms with Crippen molar-refractivity contribution < 1.29 is 15.0 Å². The molecule has 0 saturated carbocycles. The molecule has 9 N–H and O–H groups in total. The van der Waals surface area contributed by atoms with Crippen molar-refractivity contribution in [2.24, 2.45) is 17.4 Å². The van der Waals surface area contributed by atoms with Crippen molar-refractivity contribution in [3.8, 4) is 0 Å². The summed E-state index contributed by atoms with van der Waals surface area (Å²) in [6.45, 7) is 15.3. The molecule has 0 fully saturated rings. The highest BCUT2D eigenvalue weighted by molar-refractivity contribution is 5.68. The number of methoxy groups -OCH3 is 1. The molecular formula is C16H38N4O3. The monoisotopic (exact) mass is 334 g/mol. The van der Waals surface area contributed by atoms with E-state index in [9.17, 15) is 4.79 Å². The summed E-state index contributed by atoms with van der Waals surface area (Å²) >= 11 is 0. The van der Waals surface area contributed by atoms with E-state index >= 15 is 0 Å². The van der Waals surface area contributed by atoms with Crippen molar-refractivity contribution in [3.05, 3.63) is 25.3 Å². The molecule has 0 aliphatic rings. The first-order valence-electron chi connectivity index (χ1n) is 7.40. The number of ether oxygens (including phenoxy) is 1. The third-order valence-electron chi connectivity index (χ3n) is 3.38. The average Bonchev–Trinajstić information content (AvgIpc) is 2.50. The van der Waals surface area contributed by atoms with Crippen LogP contribution in [0.5, 0.6) is 0 Å². The van der Waals surface area contributed by atoms with Crippen LogP contribution in [-0.4, -0.2) is 29.8 Å². The topological polar surface area (TPSA) is 148 Å². The Kier molecular flexibility index (Phi) is 21.8. The van der Waals surface area contributed by atoms with Gasteiger partial charge in [-0.15, -0.1) is 13.2 Å². The summed E-state index contributed by atoms with van der Waals surface area (Å²) in [4.78, 5) is 10.9. The molecule has 0 aliphatic carbocycles. The zero-order valence-electron chi connectivity index (χ0n) is 15.4. The van der Waals surface area contributed by atoms with E-state index < -0.39 is 0 Å². The molecule has 0 aromatic carbocycles. The minimum atomic E-state index is -0.388. The second-order valence-electron chi connectivity index (χ2n) is 5.52. The Labute approximate surface area is 141 Å². The second-order valence-corrected chi connectivity index (χ2v) is 5.52. The van der Waals surface area contributed by atoms with Gasteiger partial charge < -0.3 is 21.3 Å². The number of carbonyl (C=O) groups excluding carboxylic acids is 1. The predicted octanol–water partition coefficient (Wildman–Crippen LogP) is 1.77. The van der Waals surface area contributed by atoms with Crippen LogP contribution in [0, 0.1) is 0 Å². The van der Waals surface area contributed by atoms with E-state index in [1.165, 1.54) is 7.11 Å². The standard InChI is InChI=1S/C9H17NO2.C7H15N.H4N2.H2O/c1-5-7-9(3,6-2)10-8(11)12-4;1-4-6-7(3,8)5-2;1-2;/h5H,1,6-7H2,2-4H3,(H,10,11);4H,1,5-6,8H2,2-3H3;1-2H2;1H2. The number of amides is 1. The van der Waals surface area contributed by atoms with Crippen molar-refractivity contribution >= 4 is 6.09 Å². The first kappa shape index (κ1) is 29.6. The number of alkyl carbamates (subject to hydrolysis) is 1. The van der Waals surface area contributed by atoms with Gasteiger partial charge >= 0.3 is 6.09 Å². The van der Waals surface area contributed by atoms with Crippen LogP contribution in [0.15, 0.2) is 25.3 Å². The maximum atomic E-state index is 10.9. The average molecular weight is 335 g/mol. The Hall–Kier alpha value is -1.41. The first-order chi connectivity index (χ1) is 10.2. The van der Waals surface area contributed by atoms with Gasteiger partial charge in [-0.3, -0.25) is 11.7 Å². The van der Waals surface area contributed by atoms with Gasteiger partial charge in [0.25, 0.3) is 0 Å². The maximum Gasteiger partial charge on any atom is 0.407 e. The minimum absolute atomic E-state index is 0. The Bertz CT molecular complexity index is 310. The molecule has 2 atom stereocenters. The smallest absolute Gasteiger partial charge is 0.407 e. The molecule has 0 aromatic heterocycles. The van der Waals surface area contributed by atoms with E-state index in [4.69, 9.17) is 5.73 Å². The lowest BCUT2D eigenvalue weighted by Crippen LogP contribution is -2.45. The van der Waals surface area contributed by atoms with E-state index in [0.29, 0.717) is 0 Å². The first-order valence-corrected chi connectivity index (χ1v) is 7.40. The molecule has 0 aliphatic heterocycles. The number of nitrogens with one attached hydrogen (secondary N) is 1. The maximum absolute atomic E-state index is 10.9. The van der Waals surface area contributed by atoms with Crippen LogP contribution in [0.1, 0.15) is 53.4 Å². The highest BCUT2D eigenvalue weighted by Gasteiger charge is 2.22. The van der Waals surface area contributed by atoms with Crippen LogP contribution in [0.25, 0.3) is 0 Å². The lowest BCUT2D eigenvalue weighted by Gasteiger charge is -2.27. The fraction of sp³-hybridized carbons (Fsp3) is 0.688. The molecule has 0 heterocycles. The number of rotatable bonds is 7. The number of hydrogen-bond donors (Lipinski definition) is 4. The molecular weight excluding hydrogens is 296 g/mol. The number of hydrazine groups is 1. The van der Waals surface area contributed by atoms with Gasteiger partial charge in [0, 0.05) is 11.1 Å². The quantitative estimate of drug-likeness (QED) is 0.318. The summed E-state index contributed by atoms with van der Waals surface area (Å²) < 4.78 is 4.51. The molecule has 1 amide bonds. The summed E-state index contributed by atoms with van der Waals surface area (Å²) in [6, 6.07) is 0. The molecule has 0 spiro atoms. The van der Waals surface area contributed by atoms with Gasteiger partial charge in [-0.25, -0.2) is 4.79 Å². The lowest BCUT2D eigenvalue weighted by molar-refractivity contribution is 0.156. The Morgan fingerprint density at radius 3 is 1.78 bits per heavy atom. The third kappa shape index (κ3) is 18.5. The summed E-state index contributed by atoms with van der Waals surface area (Å²) in [5, 5.41) is 2.76. The normalized spacial score (nSPS) is 13.9. The third-order valence-corrected chi connectivity index (χ3v) is 3.38. The van der Waals surface area contributed by atoms with Crippen molar-refractivity contribution in [2.75, 3.05) is 7.11 Å². The molecule has 0 aromatic rings. The van der Waals surface area contributed by atoms with E-state index in [-0.39, 0.29) is 22.6 Å². The van der Waals surface area contributed by atoms with Crippen molar-refractivity contribution in [2.45, 2.75) is 64.5 Å². The van der Waals surface area contributed by atoms with Gasteiger partial charge in [0.15, 0.2) is 0 Å². The van der Waals surface area contributed by atoms with Crippen molar-refractivity contribution in [1.82, 2.24) is 5.32 Å². The van der Waals surface area contributed by atoms with Gasteiger partial charge in [-0.05, 0) is 39.5 Å². The second kappa shape index (κ2) is 17.0. The molecule has 0 rings (SSSR count). The molecule has 7 nitrogen and oxygen atoms in total. The largest absolute Gasteiger partial charge is 0.453 e. The van der Waals surface area contributed by atoms with Crippen LogP contribution in [-0.2, 0) is 4.74 Å². The number of nitrogens with two attached hydrogens (primary N) is 3. The van der Waals surface area contributed by atoms with E-state index in [1.54, 1.807) is 6.08 Å². The molecule has 0 bridgehead atoms. The molecule has 0 saturated heterocycles. The minimum Gasteiger partial charge on any atom is -0.453 e. The van der Waals surface area contributed by atoms with Crippen LogP contribution >= 0.6 is 0 Å². The van der Waals surface area contributed by atoms with Crippen LogP contribution < -0.4 is 22.7 Å². The Morgan fingerprint density at radius 1 is 1.13 bits per heavy atom. The zero-order valence-corrected chi connectivity index (χ0v) is 15.4. The molecule has 23 heavy (non-hydrogen) atoms. The molecule has 0 radical (unpaired) electrons. The SMILES string of the molecule is C=CCC(C)(CC)NC(=O)OC.C=CCC(C)(N)CC.NN.O. The van der Waals surface area contributed by atoms with E-state index in [2.05, 4.69) is 41.8 Å². The van der Waals surface area contributed by atoms with Gasteiger partial charge in [-0.1, -0.05) is 26.0 Å². The summed E-state index contributed by atoms with van der Waals surface area (Å²) in [6.07, 6.45) is 6.79. The molecule has 140 valence electrons. The summed E-state index contributed by atoms with van der Waals surface area (Å²) in [5.41, 5.74) is 5.50. The lowest BCUT2D eigenvalue weighted by atomic mass is 9.95. The fourth-order valence-corrected chi connectivity index (χ4v) is 1.37. The fourth-order valence-electron chi connectivity index (χ4n) is 1.37. The summed E-state index contributed by atoms with van der Waals surface area (Å²) in [7, 11) is 1.36. The van der Waals surface area contributed by atoms with Gasteiger partial charge in [0.1, 0.15) is 0 Å². The zero-order chi connectivity index (χ0) is 18.2. The van der Waals surface area contributed by atoms with E-state index in [1.807, 2.05) is 26.8 Å². The number of carbonyl (C=O) groups is 1. The Balaban J connectivity index is -0.000000144. The summed E-state index contributed by atoms with van der Waals surface area (Å²) in [5.74, 6) is 8.00. The van der Waals surface area contributed by atoms with Crippen LogP contribution in [0.4, 0.5) is 4.79 Å². The number of hydrogen-bond acceptors (Lipinski definition) is 5.